The number of hydrogen-bond acceptors (Lipinski definition) is 5. The SMILES string of the molecule is O=C(O)c1cnc2cc3c(cc2c1Nc1cccc(Cl)c1)OCO3. The van der Waals surface area contributed by atoms with Gasteiger partial charge in [-0.3, -0.25) is 4.98 Å². The molecule has 1 aliphatic heterocycles. The minimum absolute atomic E-state index is 0.0568. The number of rotatable bonds is 3. The van der Waals surface area contributed by atoms with Gasteiger partial charge in [0.1, 0.15) is 5.56 Å². The third-order valence-corrected chi connectivity index (χ3v) is 3.92. The van der Waals surface area contributed by atoms with E-state index >= 15 is 0 Å². The Morgan fingerprint density at radius 2 is 2.00 bits per heavy atom. The van der Waals surface area contributed by atoms with Crippen molar-refractivity contribution >= 4 is 39.8 Å². The number of carboxylic acids is 1. The van der Waals surface area contributed by atoms with Gasteiger partial charge in [-0.2, -0.15) is 0 Å². The van der Waals surface area contributed by atoms with Gasteiger partial charge in [-0.15, -0.1) is 0 Å². The van der Waals surface area contributed by atoms with Crippen molar-refractivity contribution in [3.63, 3.8) is 0 Å². The van der Waals surface area contributed by atoms with E-state index in [1.807, 2.05) is 0 Å². The number of anilines is 2. The molecule has 7 heteroatoms. The number of aromatic carboxylic acids is 1. The molecule has 1 aliphatic rings. The zero-order valence-electron chi connectivity index (χ0n) is 12.2. The first-order chi connectivity index (χ1) is 11.6. The normalized spacial score (nSPS) is 12.4. The van der Waals surface area contributed by atoms with Crippen LogP contribution in [-0.2, 0) is 0 Å². The van der Waals surface area contributed by atoms with Crippen molar-refractivity contribution in [2.45, 2.75) is 0 Å². The second kappa shape index (κ2) is 5.58. The molecule has 0 aliphatic carbocycles. The summed E-state index contributed by atoms with van der Waals surface area (Å²) < 4.78 is 10.7. The Labute approximate surface area is 141 Å². The van der Waals surface area contributed by atoms with Gasteiger partial charge in [0, 0.05) is 28.4 Å². The largest absolute Gasteiger partial charge is 0.478 e. The third kappa shape index (κ3) is 2.47. The van der Waals surface area contributed by atoms with Crippen molar-refractivity contribution in [2.24, 2.45) is 0 Å². The van der Waals surface area contributed by atoms with Crippen molar-refractivity contribution in [3.05, 3.63) is 53.2 Å². The van der Waals surface area contributed by atoms with Crippen molar-refractivity contribution < 1.29 is 19.4 Å². The maximum absolute atomic E-state index is 11.6. The number of carbonyl (C=O) groups is 1. The zero-order chi connectivity index (χ0) is 16.7. The fraction of sp³-hybridized carbons (Fsp3) is 0.0588. The first-order valence-electron chi connectivity index (χ1n) is 7.10. The number of nitrogens with one attached hydrogen (secondary N) is 1. The molecule has 0 unspecified atom stereocenters. The number of fused-ring (bicyclic) bond motifs is 2. The molecule has 24 heavy (non-hydrogen) atoms. The lowest BCUT2D eigenvalue weighted by Gasteiger charge is -2.13. The van der Waals surface area contributed by atoms with Crippen molar-refractivity contribution in [3.8, 4) is 11.5 Å². The summed E-state index contributed by atoms with van der Waals surface area (Å²) >= 11 is 6.00. The van der Waals surface area contributed by atoms with Gasteiger partial charge in [-0.25, -0.2) is 4.79 Å². The van der Waals surface area contributed by atoms with Gasteiger partial charge in [0.2, 0.25) is 6.79 Å². The van der Waals surface area contributed by atoms with Crippen molar-refractivity contribution in [1.29, 1.82) is 0 Å². The van der Waals surface area contributed by atoms with Crippen LogP contribution in [0.4, 0.5) is 11.4 Å². The van der Waals surface area contributed by atoms with Crippen LogP contribution in [0.5, 0.6) is 11.5 Å². The lowest BCUT2D eigenvalue weighted by molar-refractivity contribution is 0.0697. The van der Waals surface area contributed by atoms with Crippen LogP contribution >= 0.6 is 11.6 Å². The topological polar surface area (TPSA) is 80.7 Å². The maximum atomic E-state index is 11.6. The van der Waals surface area contributed by atoms with Gasteiger partial charge < -0.3 is 19.9 Å². The van der Waals surface area contributed by atoms with Crippen LogP contribution in [-0.4, -0.2) is 22.9 Å². The average Bonchev–Trinajstić information content (AvgIpc) is 3.00. The quantitative estimate of drug-likeness (QED) is 0.747. The summed E-state index contributed by atoms with van der Waals surface area (Å²) in [5.74, 6) is 0.0689. The summed E-state index contributed by atoms with van der Waals surface area (Å²) in [6.45, 7) is 0.133. The average molecular weight is 343 g/mol. The summed E-state index contributed by atoms with van der Waals surface area (Å²) in [6.07, 6.45) is 1.32. The van der Waals surface area contributed by atoms with E-state index in [4.69, 9.17) is 21.1 Å². The summed E-state index contributed by atoms with van der Waals surface area (Å²) in [5.41, 5.74) is 1.76. The fourth-order valence-corrected chi connectivity index (χ4v) is 2.78. The van der Waals surface area contributed by atoms with Gasteiger partial charge in [0.15, 0.2) is 11.5 Å². The van der Waals surface area contributed by atoms with E-state index in [0.29, 0.717) is 38.8 Å². The van der Waals surface area contributed by atoms with Gasteiger partial charge in [-0.1, -0.05) is 17.7 Å². The number of carboxylic acid groups (broad SMARTS) is 1. The maximum Gasteiger partial charge on any atom is 0.339 e. The molecule has 0 saturated heterocycles. The molecular formula is C17H11ClN2O4. The highest BCUT2D eigenvalue weighted by Gasteiger charge is 2.20. The highest BCUT2D eigenvalue weighted by atomic mass is 35.5. The molecule has 0 saturated carbocycles. The Morgan fingerprint density at radius 3 is 2.75 bits per heavy atom. The molecule has 2 N–H and O–H groups in total. The standard InChI is InChI=1S/C17H11ClN2O4/c18-9-2-1-3-10(4-9)20-16-11-5-14-15(24-8-23-14)6-13(11)19-7-12(16)17(21)22/h1-7H,8H2,(H,19,20)(H,21,22). The predicted molar refractivity (Wildman–Crippen MR) is 89.6 cm³/mol. The summed E-state index contributed by atoms with van der Waals surface area (Å²) in [5, 5.41) is 13.8. The number of ether oxygens (including phenoxy) is 2. The van der Waals surface area contributed by atoms with E-state index in [9.17, 15) is 9.90 Å². The molecule has 0 spiro atoms. The van der Waals surface area contributed by atoms with Gasteiger partial charge in [0.05, 0.1) is 11.2 Å². The number of halogens is 1. The Hall–Kier alpha value is -2.99. The second-order valence-corrected chi connectivity index (χ2v) is 5.65. The summed E-state index contributed by atoms with van der Waals surface area (Å²) in [4.78, 5) is 15.8. The van der Waals surface area contributed by atoms with Crippen molar-refractivity contribution in [2.75, 3.05) is 12.1 Å². The van der Waals surface area contributed by atoms with E-state index in [-0.39, 0.29) is 12.4 Å². The molecule has 4 rings (SSSR count). The van der Waals surface area contributed by atoms with Crippen LogP contribution < -0.4 is 14.8 Å². The molecule has 2 aromatic carbocycles. The van der Waals surface area contributed by atoms with E-state index in [1.54, 1.807) is 36.4 Å². The van der Waals surface area contributed by atoms with Crippen LogP contribution in [0.25, 0.3) is 10.9 Å². The molecule has 0 fully saturated rings. The molecule has 120 valence electrons. The lowest BCUT2D eigenvalue weighted by atomic mass is 10.1. The van der Waals surface area contributed by atoms with E-state index in [2.05, 4.69) is 10.3 Å². The molecule has 0 atom stereocenters. The van der Waals surface area contributed by atoms with Gasteiger partial charge >= 0.3 is 5.97 Å². The monoisotopic (exact) mass is 342 g/mol. The van der Waals surface area contributed by atoms with E-state index < -0.39 is 5.97 Å². The molecule has 0 bridgehead atoms. The first-order valence-corrected chi connectivity index (χ1v) is 7.48. The Bertz CT molecular complexity index is 974. The van der Waals surface area contributed by atoms with Crippen LogP contribution in [0.15, 0.2) is 42.6 Å². The second-order valence-electron chi connectivity index (χ2n) is 5.21. The minimum Gasteiger partial charge on any atom is -0.478 e. The molecule has 2 heterocycles. The predicted octanol–water partition coefficient (Wildman–Crippen LogP) is 4.06. The molecule has 1 aromatic heterocycles. The summed E-state index contributed by atoms with van der Waals surface area (Å²) in [6, 6.07) is 10.5. The number of nitrogens with zero attached hydrogens (tertiary/aromatic N) is 1. The Morgan fingerprint density at radius 1 is 1.21 bits per heavy atom. The smallest absolute Gasteiger partial charge is 0.339 e. The minimum atomic E-state index is -1.08. The van der Waals surface area contributed by atoms with Crippen LogP contribution in [0.3, 0.4) is 0 Å². The Balaban J connectivity index is 1.92. The van der Waals surface area contributed by atoms with Gasteiger partial charge in [0.25, 0.3) is 0 Å². The molecule has 0 amide bonds. The molecular weight excluding hydrogens is 332 g/mol. The summed E-state index contributed by atoms with van der Waals surface area (Å²) in [7, 11) is 0. The fourth-order valence-electron chi connectivity index (χ4n) is 2.59. The van der Waals surface area contributed by atoms with Crippen molar-refractivity contribution in [1.82, 2.24) is 4.98 Å². The van der Waals surface area contributed by atoms with Crippen LogP contribution in [0, 0.1) is 0 Å². The third-order valence-electron chi connectivity index (χ3n) is 3.69. The van der Waals surface area contributed by atoms with Crippen LogP contribution in [0.1, 0.15) is 10.4 Å². The molecule has 6 nitrogen and oxygen atoms in total. The zero-order valence-corrected chi connectivity index (χ0v) is 13.0. The lowest BCUT2D eigenvalue weighted by Crippen LogP contribution is -2.04. The van der Waals surface area contributed by atoms with E-state index in [1.165, 1.54) is 6.20 Å². The highest BCUT2D eigenvalue weighted by molar-refractivity contribution is 6.30. The number of benzene rings is 2. The highest BCUT2D eigenvalue weighted by Crippen LogP contribution is 2.39. The van der Waals surface area contributed by atoms with Gasteiger partial charge in [-0.05, 0) is 24.3 Å². The molecule has 3 aromatic rings. The number of pyridine rings is 1. The van der Waals surface area contributed by atoms with E-state index in [0.717, 1.165) is 0 Å². The first kappa shape index (κ1) is 14.6. The van der Waals surface area contributed by atoms with Crippen LogP contribution in [0.2, 0.25) is 5.02 Å². The number of aromatic nitrogens is 1. The molecule has 0 radical (unpaired) electrons. The Kier molecular flexibility index (Phi) is 3.39. The number of hydrogen-bond donors (Lipinski definition) is 2.